The number of hydrogen-bond acceptors (Lipinski definition) is 4. The van der Waals surface area contributed by atoms with Crippen molar-refractivity contribution in [3.05, 3.63) is 95.4 Å². The van der Waals surface area contributed by atoms with Gasteiger partial charge in [0.05, 0.1) is 22.3 Å². The highest BCUT2D eigenvalue weighted by atomic mass is 19.4. The first-order valence-electron chi connectivity index (χ1n) is 10.6. The fraction of sp³-hybridized carbons (Fsp3) is 0.120. The molecule has 0 unspecified atom stereocenters. The molecule has 3 aromatic carbocycles. The van der Waals surface area contributed by atoms with Crippen LogP contribution in [0.15, 0.2) is 73.1 Å². The summed E-state index contributed by atoms with van der Waals surface area (Å²) in [4.78, 5) is 32.5. The number of halogens is 3. The number of aryl methyl sites for hydroxylation is 2. The molecule has 0 atom stereocenters. The number of carbonyl (C=O) groups excluding carboxylic acids is 2. The van der Waals surface area contributed by atoms with Crippen molar-refractivity contribution in [2.24, 2.45) is 5.73 Å². The summed E-state index contributed by atoms with van der Waals surface area (Å²) in [5.41, 5.74) is 7.56. The number of primary amides is 1. The number of amides is 3. The highest BCUT2D eigenvalue weighted by Crippen LogP contribution is 2.30. The topological polar surface area (TPSA) is 110 Å². The van der Waals surface area contributed by atoms with E-state index in [4.69, 9.17) is 5.73 Å². The minimum absolute atomic E-state index is 0.0273. The fourth-order valence-electron chi connectivity index (χ4n) is 3.67. The first-order valence-corrected chi connectivity index (χ1v) is 10.6. The fourth-order valence-corrected chi connectivity index (χ4v) is 3.67. The Hall–Kier alpha value is -4.47. The van der Waals surface area contributed by atoms with E-state index in [9.17, 15) is 22.8 Å². The molecule has 4 rings (SSSR count). The molecule has 0 radical (unpaired) electrons. The third-order valence-electron chi connectivity index (χ3n) is 5.30. The van der Waals surface area contributed by atoms with Gasteiger partial charge in [-0.25, -0.2) is 14.8 Å². The van der Waals surface area contributed by atoms with Crippen molar-refractivity contribution >= 4 is 34.2 Å². The monoisotopic (exact) mass is 479 g/mol. The summed E-state index contributed by atoms with van der Waals surface area (Å²) in [6.45, 7) is 0. The van der Waals surface area contributed by atoms with Crippen molar-refractivity contribution in [3.63, 3.8) is 0 Å². The number of nitrogens with two attached hydrogens (primary N) is 1. The van der Waals surface area contributed by atoms with Gasteiger partial charge in [0.15, 0.2) is 0 Å². The Morgan fingerprint density at radius 3 is 2.26 bits per heavy atom. The number of carbonyl (C=O) groups is 2. The molecule has 178 valence electrons. The predicted molar refractivity (Wildman–Crippen MR) is 126 cm³/mol. The Kier molecular flexibility index (Phi) is 6.63. The molecule has 1 aromatic heterocycles. The van der Waals surface area contributed by atoms with Crippen LogP contribution in [-0.2, 0) is 19.0 Å². The number of alkyl halides is 3. The maximum absolute atomic E-state index is 12.9. The van der Waals surface area contributed by atoms with Gasteiger partial charge in [0.1, 0.15) is 6.33 Å². The number of urea groups is 1. The summed E-state index contributed by atoms with van der Waals surface area (Å²) in [6.07, 6.45) is -1.99. The number of nitrogens with zero attached hydrogens (tertiary/aromatic N) is 2. The maximum Gasteiger partial charge on any atom is 0.416 e. The second-order valence-corrected chi connectivity index (χ2v) is 7.74. The quantitative estimate of drug-likeness (QED) is 0.354. The van der Waals surface area contributed by atoms with Crippen LogP contribution in [0.1, 0.15) is 27.2 Å². The van der Waals surface area contributed by atoms with Gasteiger partial charge in [-0.3, -0.25) is 4.79 Å². The molecule has 0 spiro atoms. The second-order valence-electron chi connectivity index (χ2n) is 7.74. The minimum Gasteiger partial charge on any atom is -0.366 e. The molecule has 7 nitrogen and oxygen atoms in total. The zero-order valence-corrected chi connectivity index (χ0v) is 18.3. The van der Waals surface area contributed by atoms with Gasteiger partial charge in [-0.05, 0) is 54.8 Å². The van der Waals surface area contributed by atoms with E-state index in [-0.39, 0.29) is 5.69 Å². The molecule has 0 saturated carbocycles. The van der Waals surface area contributed by atoms with Gasteiger partial charge >= 0.3 is 12.2 Å². The Morgan fingerprint density at radius 1 is 0.857 bits per heavy atom. The van der Waals surface area contributed by atoms with Gasteiger partial charge in [0.25, 0.3) is 5.91 Å². The summed E-state index contributed by atoms with van der Waals surface area (Å²) in [5, 5.41) is 5.77. The zero-order valence-electron chi connectivity index (χ0n) is 18.3. The molecule has 10 heteroatoms. The second kappa shape index (κ2) is 9.80. The molecule has 0 saturated heterocycles. The van der Waals surface area contributed by atoms with Crippen LogP contribution < -0.4 is 16.4 Å². The van der Waals surface area contributed by atoms with Crippen molar-refractivity contribution in [3.8, 4) is 0 Å². The number of hydrogen-bond donors (Lipinski definition) is 3. The highest BCUT2D eigenvalue weighted by molar-refractivity contribution is 6.05. The van der Waals surface area contributed by atoms with Crippen LogP contribution in [0.5, 0.6) is 0 Å². The predicted octanol–water partition coefficient (Wildman–Crippen LogP) is 5.18. The molecule has 4 N–H and O–H groups in total. The van der Waals surface area contributed by atoms with Gasteiger partial charge in [-0.2, -0.15) is 13.2 Å². The van der Waals surface area contributed by atoms with Crippen molar-refractivity contribution in [2.75, 3.05) is 10.6 Å². The summed E-state index contributed by atoms with van der Waals surface area (Å²) < 4.78 is 38.6. The highest BCUT2D eigenvalue weighted by Gasteiger charge is 2.30. The SMILES string of the molecule is NC(=O)c1cccc2c(CCc3cccc(NC(=O)Nc4cccc(C(F)(F)F)c4)c3)ncnc12. The van der Waals surface area contributed by atoms with E-state index in [0.29, 0.717) is 29.6 Å². The van der Waals surface area contributed by atoms with Crippen LogP contribution >= 0.6 is 0 Å². The van der Waals surface area contributed by atoms with Gasteiger partial charge in [-0.15, -0.1) is 0 Å². The molecular formula is C25H20F3N5O2. The summed E-state index contributed by atoms with van der Waals surface area (Å²) in [6, 6.07) is 16.0. The van der Waals surface area contributed by atoms with Crippen LogP contribution in [0, 0.1) is 0 Å². The maximum atomic E-state index is 12.9. The smallest absolute Gasteiger partial charge is 0.366 e. The van der Waals surface area contributed by atoms with E-state index in [1.165, 1.54) is 18.5 Å². The lowest BCUT2D eigenvalue weighted by molar-refractivity contribution is -0.137. The summed E-state index contributed by atoms with van der Waals surface area (Å²) in [5.74, 6) is -0.567. The number of para-hydroxylation sites is 1. The molecular weight excluding hydrogens is 459 g/mol. The van der Waals surface area contributed by atoms with E-state index >= 15 is 0 Å². The van der Waals surface area contributed by atoms with Gasteiger partial charge in [-0.1, -0.05) is 30.3 Å². The number of fused-ring (bicyclic) bond motifs is 1. The lowest BCUT2D eigenvalue weighted by Crippen LogP contribution is -2.20. The molecule has 0 fully saturated rings. The Labute approximate surface area is 198 Å². The average Bonchev–Trinajstić information content (AvgIpc) is 2.82. The van der Waals surface area contributed by atoms with Crippen molar-refractivity contribution in [1.29, 1.82) is 0 Å². The van der Waals surface area contributed by atoms with Gasteiger partial charge < -0.3 is 16.4 Å². The van der Waals surface area contributed by atoms with Crippen LogP contribution in [0.25, 0.3) is 10.9 Å². The Morgan fingerprint density at radius 2 is 1.54 bits per heavy atom. The molecule has 35 heavy (non-hydrogen) atoms. The van der Waals surface area contributed by atoms with E-state index in [1.54, 1.807) is 30.3 Å². The van der Waals surface area contributed by atoms with Crippen molar-refractivity contribution < 1.29 is 22.8 Å². The number of benzene rings is 3. The summed E-state index contributed by atoms with van der Waals surface area (Å²) in [7, 11) is 0. The van der Waals surface area contributed by atoms with Crippen LogP contribution in [0.4, 0.5) is 29.3 Å². The summed E-state index contributed by atoms with van der Waals surface area (Å²) >= 11 is 0. The molecule has 4 aromatic rings. The number of nitrogens with one attached hydrogen (secondary N) is 2. The van der Waals surface area contributed by atoms with Crippen LogP contribution in [0.2, 0.25) is 0 Å². The van der Waals surface area contributed by atoms with Gasteiger partial charge in [0, 0.05) is 16.8 Å². The molecule has 0 bridgehead atoms. The van der Waals surface area contributed by atoms with E-state index in [1.807, 2.05) is 12.1 Å². The van der Waals surface area contributed by atoms with E-state index in [0.717, 1.165) is 28.8 Å². The van der Waals surface area contributed by atoms with Gasteiger partial charge in [0.2, 0.25) is 0 Å². The molecule has 1 heterocycles. The third kappa shape index (κ3) is 5.72. The van der Waals surface area contributed by atoms with E-state index < -0.39 is 23.7 Å². The standard InChI is InChI=1S/C25H20F3N5O2/c26-25(27,28)16-5-2-7-18(13-16)33-24(35)32-17-6-1-4-15(12-17)10-11-21-19-8-3-9-20(23(29)34)22(19)31-14-30-21/h1-9,12-14H,10-11H2,(H2,29,34)(H2,32,33,35). The van der Waals surface area contributed by atoms with Crippen LogP contribution in [0.3, 0.4) is 0 Å². The molecule has 3 amide bonds. The van der Waals surface area contributed by atoms with Crippen LogP contribution in [-0.4, -0.2) is 21.9 Å². The molecule has 0 aliphatic carbocycles. The lowest BCUT2D eigenvalue weighted by atomic mass is 10.0. The number of aromatic nitrogens is 2. The zero-order chi connectivity index (χ0) is 25.0. The number of rotatable bonds is 6. The normalized spacial score (nSPS) is 11.3. The number of anilines is 2. The Balaban J connectivity index is 1.43. The molecule has 0 aliphatic heterocycles. The molecule has 0 aliphatic rings. The third-order valence-corrected chi connectivity index (χ3v) is 5.30. The van der Waals surface area contributed by atoms with Crippen molar-refractivity contribution in [2.45, 2.75) is 19.0 Å². The first kappa shape index (κ1) is 23.7. The minimum atomic E-state index is -4.50. The average molecular weight is 479 g/mol. The Bertz CT molecular complexity index is 1410. The largest absolute Gasteiger partial charge is 0.416 e. The first-order chi connectivity index (χ1) is 16.7. The lowest BCUT2D eigenvalue weighted by Gasteiger charge is -2.11. The van der Waals surface area contributed by atoms with E-state index in [2.05, 4.69) is 20.6 Å². The van der Waals surface area contributed by atoms with Crippen molar-refractivity contribution in [1.82, 2.24) is 9.97 Å².